The number of furan rings is 1. The summed E-state index contributed by atoms with van der Waals surface area (Å²) in [6.45, 7) is 6.19. The van der Waals surface area contributed by atoms with E-state index in [1.165, 1.54) is 0 Å². The van der Waals surface area contributed by atoms with E-state index < -0.39 is 0 Å². The smallest absolute Gasteiger partial charge is 0.135 e. The van der Waals surface area contributed by atoms with Crippen LogP contribution in [0.5, 0.6) is 0 Å². The highest BCUT2D eigenvalue weighted by atomic mass is 79.9. The number of allylic oxidation sites excluding steroid dienone is 2. The van der Waals surface area contributed by atoms with Crippen LogP contribution >= 0.6 is 15.9 Å². The van der Waals surface area contributed by atoms with Crippen LogP contribution in [-0.2, 0) is 0 Å². The van der Waals surface area contributed by atoms with Gasteiger partial charge in [-0.2, -0.15) is 0 Å². The third-order valence-electron chi connectivity index (χ3n) is 3.51. The lowest BCUT2D eigenvalue weighted by atomic mass is 10.1. The van der Waals surface area contributed by atoms with Gasteiger partial charge >= 0.3 is 0 Å². The summed E-state index contributed by atoms with van der Waals surface area (Å²) >= 11 is 3.48. The number of para-hydroxylation sites is 1. The van der Waals surface area contributed by atoms with Gasteiger partial charge in [-0.15, -0.1) is 0 Å². The summed E-state index contributed by atoms with van der Waals surface area (Å²) in [5.74, 6) is 0.882. The Morgan fingerprint density at radius 3 is 2.71 bits per heavy atom. The lowest BCUT2D eigenvalue weighted by molar-refractivity contribution is 0.601. The first-order chi connectivity index (χ1) is 10.1. The van der Waals surface area contributed by atoms with E-state index in [0.717, 1.165) is 37.9 Å². The van der Waals surface area contributed by atoms with Gasteiger partial charge in [-0.3, -0.25) is 0 Å². The van der Waals surface area contributed by atoms with Crippen molar-refractivity contribution in [1.82, 2.24) is 0 Å². The van der Waals surface area contributed by atoms with Crippen molar-refractivity contribution in [3.63, 3.8) is 0 Å². The molecule has 0 unspecified atom stereocenters. The number of rotatable bonds is 3. The van der Waals surface area contributed by atoms with E-state index >= 15 is 0 Å². The van der Waals surface area contributed by atoms with Crippen molar-refractivity contribution in [2.45, 2.75) is 6.92 Å². The minimum atomic E-state index is 0.882. The predicted molar refractivity (Wildman–Crippen MR) is 93.2 cm³/mol. The zero-order valence-electron chi connectivity index (χ0n) is 11.8. The molecule has 0 saturated heterocycles. The monoisotopic (exact) mass is 338 g/mol. The third kappa shape index (κ3) is 2.86. The van der Waals surface area contributed by atoms with Crippen molar-refractivity contribution in [1.29, 1.82) is 0 Å². The second kappa shape index (κ2) is 5.74. The van der Waals surface area contributed by atoms with E-state index in [2.05, 4.69) is 41.6 Å². The minimum absolute atomic E-state index is 0.882. The molecule has 0 aliphatic rings. The lowest BCUT2D eigenvalue weighted by Gasteiger charge is -2.00. The van der Waals surface area contributed by atoms with Crippen molar-refractivity contribution in [3.8, 4) is 0 Å². The van der Waals surface area contributed by atoms with Crippen LogP contribution < -0.4 is 0 Å². The predicted octanol–water partition coefficient (Wildman–Crippen LogP) is 6.23. The van der Waals surface area contributed by atoms with E-state index in [4.69, 9.17) is 4.42 Å². The molecule has 104 valence electrons. The molecule has 1 nitrogen and oxygen atoms in total. The summed E-state index contributed by atoms with van der Waals surface area (Å²) < 4.78 is 6.92. The fourth-order valence-corrected chi connectivity index (χ4v) is 2.71. The molecule has 3 aromatic rings. The second-order valence-electron chi connectivity index (χ2n) is 4.96. The molecule has 0 N–H and O–H groups in total. The van der Waals surface area contributed by atoms with Crippen molar-refractivity contribution in [2.24, 2.45) is 0 Å². The largest absolute Gasteiger partial charge is 0.456 e. The third-order valence-corrected chi connectivity index (χ3v) is 4.01. The molecular formula is C19H15BrO. The molecule has 2 heteroatoms. The first kappa shape index (κ1) is 13.9. The van der Waals surface area contributed by atoms with Crippen LogP contribution in [-0.4, -0.2) is 0 Å². The van der Waals surface area contributed by atoms with E-state index in [-0.39, 0.29) is 0 Å². The molecule has 2 aromatic carbocycles. The highest BCUT2D eigenvalue weighted by Crippen LogP contribution is 2.27. The normalized spacial score (nSPS) is 11.3. The highest BCUT2D eigenvalue weighted by molar-refractivity contribution is 9.10. The van der Waals surface area contributed by atoms with Gasteiger partial charge in [0.2, 0.25) is 0 Å². The number of halogens is 1. The average Bonchev–Trinajstić information content (AvgIpc) is 2.82. The Bertz CT molecular complexity index is 840. The quantitative estimate of drug-likeness (QED) is 0.516. The Morgan fingerprint density at radius 1 is 1.14 bits per heavy atom. The van der Waals surface area contributed by atoms with Crippen molar-refractivity contribution >= 4 is 38.5 Å². The van der Waals surface area contributed by atoms with Gasteiger partial charge in [-0.1, -0.05) is 58.9 Å². The molecule has 0 fully saturated rings. The number of fused-ring (bicyclic) bond motifs is 1. The van der Waals surface area contributed by atoms with E-state index in [9.17, 15) is 0 Å². The lowest BCUT2D eigenvalue weighted by Crippen LogP contribution is -1.79. The molecule has 0 spiro atoms. The summed E-state index contributed by atoms with van der Waals surface area (Å²) in [4.78, 5) is 0. The number of aryl methyl sites for hydroxylation is 1. The number of hydrogen-bond acceptors (Lipinski definition) is 1. The van der Waals surface area contributed by atoms with Crippen molar-refractivity contribution in [2.75, 3.05) is 0 Å². The van der Waals surface area contributed by atoms with Crippen molar-refractivity contribution in [3.05, 3.63) is 82.5 Å². The van der Waals surface area contributed by atoms with Gasteiger partial charge < -0.3 is 4.42 Å². The van der Waals surface area contributed by atoms with Crippen LogP contribution in [0.4, 0.5) is 0 Å². The molecule has 0 atom stereocenters. The minimum Gasteiger partial charge on any atom is -0.456 e. The second-order valence-corrected chi connectivity index (χ2v) is 5.87. The first-order valence-corrected chi connectivity index (χ1v) is 7.55. The fourth-order valence-electron chi connectivity index (χ4n) is 2.31. The zero-order valence-corrected chi connectivity index (χ0v) is 13.4. The van der Waals surface area contributed by atoms with Gasteiger partial charge in [-0.05, 0) is 42.3 Å². The van der Waals surface area contributed by atoms with Crippen LogP contribution in [0.1, 0.15) is 16.9 Å². The Kier molecular flexibility index (Phi) is 3.80. The maximum absolute atomic E-state index is 5.87. The molecule has 0 amide bonds. The van der Waals surface area contributed by atoms with Gasteiger partial charge in [0, 0.05) is 15.4 Å². The first-order valence-electron chi connectivity index (χ1n) is 6.76. The standard InChI is InChI=1S/C19H15BrO/c1-13(15-6-5-7-16(20)12-15)10-11-18-14(2)17-8-3-4-9-19(17)21-18/h3-12H,1H2,2H3/b11-10-. The Labute approximate surface area is 132 Å². The molecular weight excluding hydrogens is 324 g/mol. The average molecular weight is 339 g/mol. The number of hydrogen-bond donors (Lipinski definition) is 0. The topological polar surface area (TPSA) is 13.1 Å². The summed E-state index contributed by atoms with van der Waals surface area (Å²) in [6, 6.07) is 16.2. The summed E-state index contributed by atoms with van der Waals surface area (Å²) in [6.07, 6.45) is 3.98. The molecule has 21 heavy (non-hydrogen) atoms. The molecule has 1 heterocycles. The van der Waals surface area contributed by atoms with Crippen LogP contribution in [0.2, 0.25) is 0 Å². The maximum atomic E-state index is 5.87. The van der Waals surface area contributed by atoms with Crippen LogP contribution in [0.25, 0.3) is 22.6 Å². The molecule has 0 saturated carbocycles. The van der Waals surface area contributed by atoms with Gasteiger partial charge in [0.1, 0.15) is 11.3 Å². The van der Waals surface area contributed by atoms with E-state index in [1.807, 2.05) is 48.6 Å². The van der Waals surface area contributed by atoms with Crippen LogP contribution in [0.3, 0.4) is 0 Å². The van der Waals surface area contributed by atoms with Gasteiger partial charge in [0.05, 0.1) is 0 Å². The van der Waals surface area contributed by atoms with Gasteiger partial charge in [0.25, 0.3) is 0 Å². The van der Waals surface area contributed by atoms with Crippen LogP contribution in [0.15, 0.2) is 70.1 Å². The Balaban J connectivity index is 1.91. The summed E-state index contributed by atoms with van der Waals surface area (Å²) in [7, 11) is 0. The molecule has 0 bridgehead atoms. The maximum Gasteiger partial charge on any atom is 0.135 e. The molecule has 0 aliphatic carbocycles. The van der Waals surface area contributed by atoms with Gasteiger partial charge in [0.15, 0.2) is 0 Å². The van der Waals surface area contributed by atoms with E-state index in [1.54, 1.807) is 0 Å². The Morgan fingerprint density at radius 2 is 1.95 bits per heavy atom. The van der Waals surface area contributed by atoms with Crippen LogP contribution in [0, 0.1) is 6.92 Å². The SMILES string of the molecule is C=C(/C=C\c1oc2ccccc2c1C)c1cccc(Br)c1. The van der Waals surface area contributed by atoms with E-state index in [0.29, 0.717) is 0 Å². The molecule has 3 rings (SSSR count). The summed E-state index contributed by atoms with van der Waals surface area (Å²) in [5, 5.41) is 1.16. The number of benzene rings is 2. The Hall–Kier alpha value is -2.06. The molecule has 1 aromatic heterocycles. The highest BCUT2D eigenvalue weighted by Gasteiger charge is 2.07. The fraction of sp³-hybridized carbons (Fsp3) is 0.0526. The summed E-state index contributed by atoms with van der Waals surface area (Å²) in [5.41, 5.74) is 4.12. The molecule has 0 radical (unpaired) electrons. The van der Waals surface area contributed by atoms with Crippen molar-refractivity contribution < 1.29 is 4.42 Å². The molecule has 0 aliphatic heterocycles. The van der Waals surface area contributed by atoms with Gasteiger partial charge in [-0.25, -0.2) is 0 Å². The zero-order chi connectivity index (χ0) is 14.8.